The standard InChI is InChI=1S/C19H15ClF3N3O/c1-27-13-4-2-3-11(9-13)17-14-7-8-24-18(14)26(25-17)16-6-5-12(20)10-15(16)19(21,22)23/h2-6,9-10,24H,7-8H2,1H3. The van der Waals surface area contributed by atoms with E-state index in [1.807, 2.05) is 18.2 Å². The summed E-state index contributed by atoms with van der Waals surface area (Å²) in [6, 6.07) is 11.0. The average molecular weight is 394 g/mol. The SMILES string of the molecule is COc1cccc(-c2nn(-c3ccc(Cl)cc3C(F)(F)F)c3c2CCN3)c1. The summed E-state index contributed by atoms with van der Waals surface area (Å²) in [5, 5.41) is 7.68. The molecule has 0 amide bonds. The summed E-state index contributed by atoms with van der Waals surface area (Å²) in [4.78, 5) is 0. The molecule has 27 heavy (non-hydrogen) atoms. The second-order valence-corrected chi connectivity index (χ2v) is 6.59. The minimum atomic E-state index is -4.55. The van der Waals surface area contributed by atoms with Gasteiger partial charge in [-0.25, -0.2) is 4.68 Å². The first-order valence-corrected chi connectivity index (χ1v) is 8.63. The zero-order chi connectivity index (χ0) is 19.2. The first-order chi connectivity index (χ1) is 12.9. The zero-order valence-corrected chi connectivity index (χ0v) is 15.0. The molecule has 0 aliphatic carbocycles. The Balaban J connectivity index is 1.92. The maximum Gasteiger partial charge on any atom is 0.418 e. The fourth-order valence-electron chi connectivity index (χ4n) is 3.27. The number of benzene rings is 2. The van der Waals surface area contributed by atoms with Gasteiger partial charge in [-0.3, -0.25) is 0 Å². The molecule has 0 bridgehead atoms. The molecule has 0 radical (unpaired) electrons. The Labute approximate surface area is 158 Å². The van der Waals surface area contributed by atoms with Gasteiger partial charge in [-0.15, -0.1) is 0 Å². The number of fused-ring (bicyclic) bond motifs is 1. The zero-order valence-electron chi connectivity index (χ0n) is 14.3. The van der Waals surface area contributed by atoms with Crippen molar-refractivity contribution in [2.75, 3.05) is 19.0 Å². The summed E-state index contributed by atoms with van der Waals surface area (Å²) in [6.07, 6.45) is -3.87. The highest BCUT2D eigenvalue weighted by Gasteiger charge is 2.36. The van der Waals surface area contributed by atoms with Gasteiger partial charge < -0.3 is 10.1 Å². The van der Waals surface area contributed by atoms with E-state index >= 15 is 0 Å². The average Bonchev–Trinajstić information content (AvgIpc) is 3.24. The van der Waals surface area contributed by atoms with Crippen molar-refractivity contribution in [2.24, 2.45) is 0 Å². The number of nitrogens with zero attached hydrogens (tertiary/aromatic N) is 2. The number of methoxy groups -OCH3 is 1. The van der Waals surface area contributed by atoms with Gasteiger partial charge in [0, 0.05) is 22.7 Å². The lowest BCUT2D eigenvalue weighted by Gasteiger charge is -2.15. The van der Waals surface area contributed by atoms with Gasteiger partial charge in [-0.1, -0.05) is 23.7 Å². The second kappa shape index (κ2) is 6.49. The van der Waals surface area contributed by atoms with Crippen LogP contribution in [0.5, 0.6) is 5.75 Å². The number of ether oxygens (including phenoxy) is 1. The van der Waals surface area contributed by atoms with Crippen LogP contribution in [0.25, 0.3) is 16.9 Å². The van der Waals surface area contributed by atoms with Crippen molar-refractivity contribution in [3.05, 3.63) is 58.6 Å². The lowest BCUT2D eigenvalue weighted by atomic mass is 10.1. The quantitative estimate of drug-likeness (QED) is 0.665. The largest absolute Gasteiger partial charge is 0.497 e. The fraction of sp³-hybridized carbons (Fsp3) is 0.211. The first-order valence-electron chi connectivity index (χ1n) is 8.26. The molecule has 0 atom stereocenters. The highest BCUT2D eigenvalue weighted by molar-refractivity contribution is 6.30. The number of hydrogen-bond acceptors (Lipinski definition) is 3. The molecule has 1 aliphatic heterocycles. The van der Waals surface area contributed by atoms with E-state index in [2.05, 4.69) is 10.4 Å². The van der Waals surface area contributed by atoms with Crippen molar-refractivity contribution in [1.29, 1.82) is 0 Å². The number of alkyl halides is 3. The van der Waals surface area contributed by atoms with E-state index in [4.69, 9.17) is 16.3 Å². The molecule has 4 nitrogen and oxygen atoms in total. The number of nitrogens with one attached hydrogen (secondary N) is 1. The molecule has 1 aliphatic rings. The van der Waals surface area contributed by atoms with Crippen LogP contribution in [-0.4, -0.2) is 23.4 Å². The smallest absolute Gasteiger partial charge is 0.418 e. The monoisotopic (exact) mass is 393 g/mol. The van der Waals surface area contributed by atoms with Crippen molar-refractivity contribution < 1.29 is 17.9 Å². The maximum atomic E-state index is 13.6. The van der Waals surface area contributed by atoms with Crippen LogP contribution in [0.2, 0.25) is 5.02 Å². The fourth-order valence-corrected chi connectivity index (χ4v) is 3.44. The van der Waals surface area contributed by atoms with Gasteiger partial charge in [0.05, 0.1) is 24.1 Å². The van der Waals surface area contributed by atoms with Crippen molar-refractivity contribution in [1.82, 2.24) is 9.78 Å². The minimum absolute atomic E-state index is 0.0239. The number of aromatic nitrogens is 2. The molecule has 0 saturated heterocycles. The maximum absolute atomic E-state index is 13.6. The van der Waals surface area contributed by atoms with Gasteiger partial charge in [0.2, 0.25) is 0 Å². The van der Waals surface area contributed by atoms with Crippen LogP contribution < -0.4 is 10.1 Å². The van der Waals surface area contributed by atoms with Crippen LogP contribution >= 0.6 is 11.6 Å². The molecule has 2 heterocycles. The highest BCUT2D eigenvalue weighted by atomic mass is 35.5. The number of rotatable bonds is 3. The van der Waals surface area contributed by atoms with Gasteiger partial charge in [-0.05, 0) is 36.8 Å². The molecule has 3 aromatic rings. The molecule has 0 unspecified atom stereocenters. The number of hydrogen-bond donors (Lipinski definition) is 1. The van der Waals surface area contributed by atoms with E-state index in [9.17, 15) is 13.2 Å². The van der Waals surface area contributed by atoms with Crippen LogP contribution in [0.15, 0.2) is 42.5 Å². The van der Waals surface area contributed by atoms with E-state index < -0.39 is 11.7 Å². The third-order valence-electron chi connectivity index (χ3n) is 4.49. The Bertz CT molecular complexity index is 1010. The predicted molar refractivity (Wildman–Crippen MR) is 97.8 cm³/mol. The molecule has 2 aromatic carbocycles. The second-order valence-electron chi connectivity index (χ2n) is 6.16. The van der Waals surface area contributed by atoms with Gasteiger partial charge in [0.1, 0.15) is 11.6 Å². The molecule has 1 N–H and O–H groups in total. The van der Waals surface area contributed by atoms with E-state index in [-0.39, 0.29) is 10.7 Å². The molecular formula is C19H15ClF3N3O. The summed E-state index contributed by atoms with van der Waals surface area (Å²) in [7, 11) is 1.56. The molecule has 0 fully saturated rings. The van der Waals surface area contributed by atoms with Crippen LogP contribution in [0.3, 0.4) is 0 Å². The van der Waals surface area contributed by atoms with Gasteiger partial charge in [0.25, 0.3) is 0 Å². The molecule has 8 heteroatoms. The highest BCUT2D eigenvalue weighted by Crippen LogP contribution is 2.40. The van der Waals surface area contributed by atoms with Crippen LogP contribution in [0.4, 0.5) is 19.0 Å². The van der Waals surface area contributed by atoms with Crippen molar-refractivity contribution in [2.45, 2.75) is 12.6 Å². The molecule has 4 rings (SSSR count). The Morgan fingerprint density at radius 2 is 2.00 bits per heavy atom. The van der Waals surface area contributed by atoms with Gasteiger partial charge in [-0.2, -0.15) is 18.3 Å². The third kappa shape index (κ3) is 3.12. The third-order valence-corrected chi connectivity index (χ3v) is 4.72. The van der Waals surface area contributed by atoms with E-state index in [0.717, 1.165) is 17.2 Å². The normalized spacial score (nSPS) is 13.4. The van der Waals surface area contributed by atoms with Gasteiger partial charge in [0.15, 0.2) is 0 Å². The Morgan fingerprint density at radius 3 is 2.74 bits per heavy atom. The Hall–Kier alpha value is -2.67. The van der Waals surface area contributed by atoms with Crippen LogP contribution in [0.1, 0.15) is 11.1 Å². The molecule has 1 aromatic heterocycles. The minimum Gasteiger partial charge on any atom is -0.497 e. The van der Waals surface area contributed by atoms with E-state index in [1.54, 1.807) is 13.2 Å². The lowest BCUT2D eigenvalue weighted by Crippen LogP contribution is -2.13. The van der Waals surface area contributed by atoms with Crippen LogP contribution in [0, 0.1) is 0 Å². The molecule has 140 valence electrons. The van der Waals surface area contributed by atoms with E-state index in [0.29, 0.717) is 30.2 Å². The molecule has 0 saturated carbocycles. The Morgan fingerprint density at radius 1 is 1.19 bits per heavy atom. The number of anilines is 1. The summed E-state index contributed by atoms with van der Waals surface area (Å²) in [5.74, 6) is 1.23. The Kier molecular flexibility index (Phi) is 4.26. The summed E-state index contributed by atoms with van der Waals surface area (Å²) in [5.41, 5.74) is 1.41. The van der Waals surface area contributed by atoms with Crippen molar-refractivity contribution in [3.63, 3.8) is 0 Å². The molecule has 0 spiro atoms. The van der Waals surface area contributed by atoms with Crippen molar-refractivity contribution >= 4 is 17.4 Å². The van der Waals surface area contributed by atoms with Gasteiger partial charge >= 0.3 is 6.18 Å². The predicted octanol–water partition coefficient (Wildman–Crippen LogP) is 5.19. The summed E-state index contributed by atoms with van der Waals surface area (Å²) in [6.45, 7) is 0.638. The van der Waals surface area contributed by atoms with Crippen molar-refractivity contribution in [3.8, 4) is 22.7 Å². The number of halogens is 4. The first kappa shape index (κ1) is 17.7. The lowest BCUT2D eigenvalue weighted by molar-refractivity contribution is -0.137. The molecular weight excluding hydrogens is 379 g/mol. The summed E-state index contributed by atoms with van der Waals surface area (Å²) >= 11 is 5.80. The van der Waals surface area contributed by atoms with E-state index in [1.165, 1.54) is 16.8 Å². The van der Waals surface area contributed by atoms with Crippen LogP contribution in [-0.2, 0) is 12.6 Å². The summed E-state index contributed by atoms with van der Waals surface area (Å²) < 4.78 is 47.2. The topological polar surface area (TPSA) is 39.1 Å².